The molecule has 4 unspecified atom stereocenters. The molecule has 2 bridgehead atoms. The minimum atomic E-state index is -0.799. The summed E-state index contributed by atoms with van der Waals surface area (Å²) >= 11 is 0. The molecular formula is C10H16O3. The zero-order valence-corrected chi connectivity index (χ0v) is 8.12. The van der Waals surface area contributed by atoms with E-state index in [4.69, 9.17) is 4.74 Å². The summed E-state index contributed by atoms with van der Waals surface area (Å²) in [5.41, 5.74) is -0.799. The van der Waals surface area contributed by atoms with Gasteiger partial charge in [-0.05, 0) is 32.1 Å². The van der Waals surface area contributed by atoms with Crippen LogP contribution in [0.5, 0.6) is 0 Å². The zero-order valence-electron chi connectivity index (χ0n) is 8.12. The number of carbonyl (C=O) groups is 1. The van der Waals surface area contributed by atoms with Crippen LogP contribution in [0, 0.1) is 11.8 Å². The SMILES string of the molecule is CC1C(=O)OC2CC1CCC2(C)O. The van der Waals surface area contributed by atoms with Crippen molar-refractivity contribution in [2.45, 2.75) is 44.8 Å². The minimum Gasteiger partial charge on any atom is -0.459 e. The Morgan fingerprint density at radius 3 is 3.00 bits per heavy atom. The van der Waals surface area contributed by atoms with E-state index in [-0.39, 0.29) is 18.0 Å². The molecule has 0 amide bonds. The standard InChI is InChI=1S/C10H16O3/c1-6-7-3-4-10(2,12)8(5-7)13-9(6)11/h6-8,12H,3-5H2,1-2H3. The summed E-state index contributed by atoms with van der Waals surface area (Å²) in [6.45, 7) is 3.68. The quantitative estimate of drug-likeness (QED) is 0.573. The average molecular weight is 184 g/mol. The topological polar surface area (TPSA) is 46.5 Å². The van der Waals surface area contributed by atoms with E-state index >= 15 is 0 Å². The van der Waals surface area contributed by atoms with Crippen LogP contribution in [-0.4, -0.2) is 22.8 Å². The Morgan fingerprint density at radius 2 is 2.31 bits per heavy atom. The number of hydrogen-bond acceptors (Lipinski definition) is 3. The Bertz CT molecular complexity index is 234. The first-order valence-electron chi connectivity index (χ1n) is 4.93. The predicted octanol–water partition coefficient (Wildman–Crippen LogP) is 1.10. The molecule has 3 heteroatoms. The highest BCUT2D eigenvalue weighted by molar-refractivity contribution is 5.73. The van der Waals surface area contributed by atoms with Gasteiger partial charge >= 0.3 is 5.97 Å². The normalized spacial score (nSPS) is 50.1. The smallest absolute Gasteiger partial charge is 0.309 e. The Balaban J connectivity index is 2.19. The van der Waals surface area contributed by atoms with Gasteiger partial charge < -0.3 is 9.84 Å². The van der Waals surface area contributed by atoms with E-state index in [1.807, 2.05) is 6.92 Å². The van der Waals surface area contributed by atoms with Crippen LogP contribution in [0.1, 0.15) is 33.1 Å². The molecule has 0 aromatic carbocycles. The third kappa shape index (κ3) is 1.35. The summed E-state index contributed by atoms with van der Waals surface area (Å²) in [7, 11) is 0. The van der Waals surface area contributed by atoms with Crippen molar-refractivity contribution in [2.75, 3.05) is 0 Å². The lowest BCUT2D eigenvalue weighted by molar-refractivity contribution is -0.194. The fraction of sp³-hybridized carbons (Fsp3) is 0.900. The van der Waals surface area contributed by atoms with E-state index in [1.165, 1.54) is 0 Å². The molecule has 1 saturated heterocycles. The third-order valence-corrected chi connectivity index (χ3v) is 3.57. The largest absolute Gasteiger partial charge is 0.459 e. The molecular weight excluding hydrogens is 168 g/mol. The maximum absolute atomic E-state index is 11.4. The van der Waals surface area contributed by atoms with Crippen LogP contribution >= 0.6 is 0 Å². The van der Waals surface area contributed by atoms with Crippen LogP contribution in [0.3, 0.4) is 0 Å². The van der Waals surface area contributed by atoms with Crippen LogP contribution in [0.4, 0.5) is 0 Å². The van der Waals surface area contributed by atoms with Gasteiger partial charge in [0, 0.05) is 0 Å². The second-order valence-corrected chi connectivity index (χ2v) is 4.61. The number of ether oxygens (including phenoxy) is 1. The van der Waals surface area contributed by atoms with Crippen LogP contribution < -0.4 is 0 Å². The van der Waals surface area contributed by atoms with E-state index in [9.17, 15) is 9.90 Å². The number of rotatable bonds is 0. The number of aliphatic hydroxyl groups is 1. The summed E-state index contributed by atoms with van der Waals surface area (Å²) in [5, 5.41) is 9.91. The summed E-state index contributed by atoms with van der Waals surface area (Å²) < 4.78 is 5.20. The monoisotopic (exact) mass is 184 g/mol. The number of carbonyl (C=O) groups excluding carboxylic acids is 1. The van der Waals surface area contributed by atoms with Crippen molar-refractivity contribution in [3.63, 3.8) is 0 Å². The van der Waals surface area contributed by atoms with E-state index in [0.717, 1.165) is 19.3 Å². The second kappa shape index (κ2) is 2.71. The molecule has 1 N–H and O–H groups in total. The van der Waals surface area contributed by atoms with Gasteiger partial charge in [-0.1, -0.05) is 6.92 Å². The van der Waals surface area contributed by atoms with Crippen molar-refractivity contribution in [3.8, 4) is 0 Å². The predicted molar refractivity (Wildman–Crippen MR) is 47.0 cm³/mol. The summed E-state index contributed by atoms with van der Waals surface area (Å²) in [5.74, 6) is 0.306. The van der Waals surface area contributed by atoms with Gasteiger partial charge in [-0.2, -0.15) is 0 Å². The van der Waals surface area contributed by atoms with Crippen LogP contribution in [0.15, 0.2) is 0 Å². The molecule has 13 heavy (non-hydrogen) atoms. The lowest BCUT2D eigenvalue weighted by atomic mass is 9.71. The highest BCUT2D eigenvalue weighted by Gasteiger charge is 2.47. The fourth-order valence-corrected chi connectivity index (χ4v) is 2.35. The number of hydrogen-bond donors (Lipinski definition) is 1. The van der Waals surface area contributed by atoms with Crippen molar-refractivity contribution >= 4 is 5.97 Å². The average Bonchev–Trinajstić information content (AvgIpc) is 2.06. The van der Waals surface area contributed by atoms with Gasteiger partial charge in [0.15, 0.2) is 0 Å². The van der Waals surface area contributed by atoms with E-state index in [0.29, 0.717) is 5.92 Å². The third-order valence-electron chi connectivity index (χ3n) is 3.57. The first kappa shape index (κ1) is 9.00. The van der Waals surface area contributed by atoms with Gasteiger partial charge in [-0.15, -0.1) is 0 Å². The first-order chi connectivity index (χ1) is 6.00. The van der Waals surface area contributed by atoms with Crippen LogP contribution in [0.2, 0.25) is 0 Å². The van der Waals surface area contributed by atoms with E-state index < -0.39 is 5.60 Å². The summed E-state index contributed by atoms with van der Waals surface area (Å²) in [6.07, 6.45) is 2.26. The maximum atomic E-state index is 11.4. The molecule has 1 aliphatic heterocycles. The second-order valence-electron chi connectivity index (χ2n) is 4.61. The van der Waals surface area contributed by atoms with E-state index in [1.54, 1.807) is 6.92 Å². The van der Waals surface area contributed by atoms with Gasteiger partial charge in [0.25, 0.3) is 0 Å². The fourth-order valence-electron chi connectivity index (χ4n) is 2.35. The molecule has 1 saturated carbocycles. The van der Waals surface area contributed by atoms with Crippen LogP contribution in [0.25, 0.3) is 0 Å². The molecule has 1 heterocycles. The molecule has 0 spiro atoms. The number of esters is 1. The molecule has 0 radical (unpaired) electrons. The van der Waals surface area contributed by atoms with Gasteiger partial charge in [-0.25, -0.2) is 0 Å². The Hall–Kier alpha value is -0.570. The van der Waals surface area contributed by atoms with Gasteiger partial charge in [0.2, 0.25) is 0 Å². The first-order valence-corrected chi connectivity index (χ1v) is 4.93. The minimum absolute atomic E-state index is 0.0207. The van der Waals surface area contributed by atoms with E-state index in [2.05, 4.69) is 0 Å². The van der Waals surface area contributed by atoms with Gasteiger partial charge in [0.05, 0.1) is 11.5 Å². The van der Waals surface area contributed by atoms with Crippen molar-refractivity contribution < 1.29 is 14.6 Å². The zero-order chi connectivity index (χ0) is 9.64. The Kier molecular flexibility index (Phi) is 1.88. The molecule has 4 atom stereocenters. The molecule has 1 aliphatic carbocycles. The molecule has 0 aromatic rings. The van der Waals surface area contributed by atoms with Crippen LogP contribution in [-0.2, 0) is 9.53 Å². The molecule has 0 aromatic heterocycles. The molecule has 3 nitrogen and oxygen atoms in total. The molecule has 2 aliphatic rings. The summed E-state index contributed by atoms with van der Waals surface area (Å²) in [4.78, 5) is 11.4. The Morgan fingerprint density at radius 1 is 1.62 bits per heavy atom. The molecule has 2 fully saturated rings. The van der Waals surface area contributed by atoms with Crippen molar-refractivity contribution in [2.24, 2.45) is 11.8 Å². The molecule has 74 valence electrons. The lowest BCUT2D eigenvalue weighted by Crippen LogP contribution is -2.52. The highest BCUT2D eigenvalue weighted by atomic mass is 16.6. The highest BCUT2D eigenvalue weighted by Crippen LogP contribution is 2.41. The summed E-state index contributed by atoms with van der Waals surface area (Å²) in [6, 6.07) is 0. The van der Waals surface area contributed by atoms with Crippen molar-refractivity contribution in [1.29, 1.82) is 0 Å². The number of fused-ring (bicyclic) bond motifs is 2. The van der Waals surface area contributed by atoms with Crippen molar-refractivity contribution in [1.82, 2.24) is 0 Å². The maximum Gasteiger partial charge on any atom is 0.309 e. The Labute approximate surface area is 78.1 Å². The van der Waals surface area contributed by atoms with Gasteiger partial charge in [0.1, 0.15) is 6.10 Å². The molecule has 2 rings (SSSR count). The van der Waals surface area contributed by atoms with Gasteiger partial charge in [-0.3, -0.25) is 4.79 Å². The lowest BCUT2D eigenvalue weighted by Gasteiger charge is -2.45. The van der Waals surface area contributed by atoms with Crippen molar-refractivity contribution in [3.05, 3.63) is 0 Å².